The van der Waals surface area contributed by atoms with Crippen LogP contribution in [0.4, 0.5) is 0 Å². The molecular formula is C16H23ClN2O3. The van der Waals surface area contributed by atoms with E-state index in [4.69, 9.17) is 9.47 Å². The van der Waals surface area contributed by atoms with E-state index in [0.717, 1.165) is 11.3 Å². The van der Waals surface area contributed by atoms with Gasteiger partial charge in [0.1, 0.15) is 18.4 Å². The summed E-state index contributed by atoms with van der Waals surface area (Å²) in [5.41, 5.74) is 0.942. The lowest BCUT2D eigenvalue weighted by Gasteiger charge is -2.29. The molecule has 0 radical (unpaired) electrons. The molecule has 6 heteroatoms. The van der Waals surface area contributed by atoms with Crippen LogP contribution in [0.5, 0.6) is 5.75 Å². The van der Waals surface area contributed by atoms with Crippen LogP contribution in [-0.4, -0.2) is 37.8 Å². The molecule has 1 fully saturated rings. The fourth-order valence-corrected chi connectivity index (χ4v) is 2.26. The van der Waals surface area contributed by atoms with Gasteiger partial charge in [-0.3, -0.25) is 4.79 Å². The molecule has 1 aliphatic rings. The van der Waals surface area contributed by atoms with Crippen LogP contribution in [0.25, 0.3) is 0 Å². The van der Waals surface area contributed by atoms with Crippen molar-refractivity contribution in [3.63, 3.8) is 0 Å². The summed E-state index contributed by atoms with van der Waals surface area (Å²) in [7, 11) is 0. The Morgan fingerprint density at radius 1 is 1.55 bits per heavy atom. The average Bonchev–Trinajstić information content (AvgIpc) is 2.52. The Kier molecular flexibility index (Phi) is 7.95. The van der Waals surface area contributed by atoms with Gasteiger partial charge in [0.15, 0.2) is 0 Å². The fraction of sp³-hybridized carbons (Fsp3) is 0.438. The van der Waals surface area contributed by atoms with Crippen molar-refractivity contribution in [2.24, 2.45) is 0 Å². The molecule has 1 aromatic rings. The van der Waals surface area contributed by atoms with Crippen LogP contribution >= 0.6 is 12.4 Å². The number of nitrogens with one attached hydrogen (secondary N) is 2. The van der Waals surface area contributed by atoms with Gasteiger partial charge in [-0.1, -0.05) is 30.9 Å². The maximum atomic E-state index is 12.2. The Morgan fingerprint density at radius 3 is 3.05 bits per heavy atom. The highest BCUT2D eigenvalue weighted by Gasteiger charge is 2.28. The van der Waals surface area contributed by atoms with Crippen LogP contribution in [-0.2, 0) is 16.1 Å². The Morgan fingerprint density at radius 2 is 2.32 bits per heavy atom. The predicted octanol–water partition coefficient (Wildman–Crippen LogP) is 1.67. The number of carbonyl (C=O) groups is 1. The number of carbonyl (C=O) groups excluding carboxylic acids is 1. The lowest BCUT2D eigenvalue weighted by atomic mass is 10.1. The quantitative estimate of drug-likeness (QED) is 0.781. The largest absolute Gasteiger partial charge is 0.489 e. The molecular weight excluding hydrogens is 304 g/mol. The normalized spacial score (nSPS) is 20.6. The van der Waals surface area contributed by atoms with Gasteiger partial charge in [-0.05, 0) is 13.0 Å². The van der Waals surface area contributed by atoms with Crippen molar-refractivity contribution in [3.8, 4) is 5.75 Å². The van der Waals surface area contributed by atoms with E-state index in [1.54, 1.807) is 6.08 Å². The molecule has 22 heavy (non-hydrogen) atoms. The minimum absolute atomic E-state index is 0. The van der Waals surface area contributed by atoms with E-state index >= 15 is 0 Å². The molecule has 1 amide bonds. The van der Waals surface area contributed by atoms with E-state index in [1.165, 1.54) is 0 Å². The number of hydrogen-bond donors (Lipinski definition) is 2. The third-order valence-electron chi connectivity index (χ3n) is 3.38. The second kappa shape index (κ2) is 9.46. The number of halogens is 1. The summed E-state index contributed by atoms with van der Waals surface area (Å²) in [6.45, 7) is 7.74. The van der Waals surface area contributed by atoms with E-state index in [1.807, 2.05) is 31.2 Å². The number of hydrogen-bond acceptors (Lipinski definition) is 4. The first kappa shape index (κ1) is 18.5. The van der Waals surface area contributed by atoms with Crippen molar-refractivity contribution in [1.29, 1.82) is 0 Å². The van der Waals surface area contributed by atoms with Gasteiger partial charge in [-0.2, -0.15) is 0 Å². The second-order valence-corrected chi connectivity index (χ2v) is 4.93. The molecule has 5 nitrogen and oxygen atoms in total. The summed E-state index contributed by atoms with van der Waals surface area (Å²) < 4.78 is 11.1. The average molecular weight is 327 g/mol. The zero-order valence-electron chi connectivity index (χ0n) is 12.7. The number of amides is 1. The molecule has 0 aromatic heterocycles. The topological polar surface area (TPSA) is 59.6 Å². The second-order valence-electron chi connectivity index (χ2n) is 4.93. The van der Waals surface area contributed by atoms with E-state index in [2.05, 4.69) is 17.2 Å². The minimum Gasteiger partial charge on any atom is -0.489 e. The fourth-order valence-electron chi connectivity index (χ4n) is 2.26. The maximum absolute atomic E-state index is 12.2. The highest BCUT2D eigenvalue weighted by molar-refractivity contribution is 5.85. The van der Waals surface area contributed by atoms with E-state index < -0.39 is 0 Å². The molecule has 2 N–H and O–H groups in total. The van der Waals surface area contributed by atoms with E-state index in [-0.39, 0.29) is 30.5 Å². The number of morpholine rings is 1. The highest BCUT2D eigenvalue weighted by atomic mass is 35.5. The Hall–Kier alpha value is -1.56. The molecule has 1 aromatic carbocycles. The molecule has 1 heterocycles. The predicted molar refractivity (Wildman–Crippen MR) is 88.4 cm³/mol. The van der Waals surface area contributed by atoms with E-state index in [0.29, 0.717) is 26.3 Å². The van der Waals surface area contributed by atoms with Gasteiger partial charge in [0.25, 0.3) is 0 Å². The van der Waals surface area contributed by atoms with Crippen molar-refractivity contribution < 1.29 is 14.3 Å². The molecule has 0 unspecified atom stereocenters. The van der Waals surface area contributed by atoms with Crippen molar-refractivity contribution in [3.05, 3.63) is 42.5 Å². The Balaban J connectivity index is 0.00000242. The zero-order chi connectivity index (χ0) is 15.1. The van der Waals surface area contributed by atoms with Crippen LogP contribution in [0.1, 0.15) is 12.5 Å². The minimum atomic E-state index is -0.306. The van der Waals surface area contributed by atoms with Crippen LogP contribution in [0.3, 0.4) is 0 Å². The molecule has 0 spiro atoms. The van der Waals surface area contributed by atoms with Gasteiger partial charge >= 0.3 is 0 Å². The van der Waals surface area contributed by atoms with Gasteiger partial charge in [-0.15, -0.1) is 12.4 Å². The van der Waals surface area contributed by atoms with Gasteiger partial charge in [0, 0.05) is 18.7 Å². The molecule has 0 aliphatic carbocycles. The molecule has 0 saturated carbocycles. The van der Waals surface area contributed by atoms with E-state index in [9.17, 15) is 4.79 Å². The molecule has 2 atom stereocenters. The Bertz CT molecular complexity index is 496. The lowest BCUT2D eigenvalue weighted by Crippen LogP contribution is -2.55. The summed E-state index contributed by atoms with van der Waals surface area (Å²) in [6, 6.07) is 7.34. The van der Waals surface area contributed by atoms with Crippen molar-refractivity contribution in [2.75, 3.05) is 19.8 Å². The number of rotatable bonds is 6. The first-order valence-electron chi connectivity index (χ1n) is 7.16. The van der Waals surface area contributed by atoms with Crippen LogP contribution in [0.15, 0.2) is 36.9 Å². The molecule has 1 saturated heterocycles. The SMILES string of the molecule is C=CCOc1ccccc1CNC(=O)[C@H]1NCCO[C@@H]1C.Cl. The molecule has 1 aliphatic heterocycles. The third kappa shape index (κ3) is 5.02. The van der Waals surface area contributed by atoms with Crippen LogP contribution in [0, 0.1) is 0 Å². The van der Waals surface area contributed by atoms with Gasteiger partial charge in [0.05, 0.1) is 12.7 Å². The molecule has 0 bridgehead atoms. The third-order valence-corrected chi connectivity index (χ3v) is 3.38. The number of benzene rings is 1. The first-order valence-corrected chi connectivity index (χ1v) is 7.16. The van der Waals surface area contributed by atoms with Crippen molar-refractivity contribution >= 4 is 18.3 Å². The maximum Gasteiger partial charge on any atom is 0.240 e. The van der Waals surface area contributed by atoms with Crippen LogP contribution < -0.4 is 15.4 Å². The summed E-state index contributed by atoms with van der Waals surface area (Å²) >= 11 is 0. The lowest BCUT2D eigenvalue weighted by molar-refractivity contribution is -0.129. The number of ether oxygens (including phenoxy) is 2. The monoisotopic (exact) mass is 326 g/mol. The molecule has 122 valence electrons. The summed E-state index contributed by atoms with van der Waals surface area (Å²) in [6.07, 6.45) is 1.58. The Labute approximate surface area is 137 Å². The van der Waals surface area contributed by atoms with Gasteiger partial charge in [0.2, 0.25) is 5.91 Å². The molecule has 2 rings (SSSR count). The summed E-state index contributed by atoms with van der Waals surface area (Å²) in [5.74, 6) is 0.708. The number of para-hydroxylation sites is 1. The highest BCUT2D eigenvalue weighted by Crippen LogP contribution is 2.17. The van der Waals surface area contributed by atoms with Gasteiger partial charge < -0.3 is 20.1 Å². The summed E-state index contributed by atoms with van der Waals surface area (Å²) in [5, 5.41) is 6.10. The van der Waals surface area contributed by atoms with Crippen LogP contribution in [0.2, 0.25) is 0 Å². The van der Waals surface area contributed by atoms with Crippen molar-refractivity contribution in [2.45, 2.75) is 25.6 Å². The van der Waals surface area contributed by atoms with Crippen molar-refractivity contribution in [1.82, 2.24) is 10.6 Å². The zero-order valence-corrected chi connectivity index (χ0v) is 13.5. The standard InChI is InChI=1S/C16H22N2O3.ClH/c1-3-9-21-14-7-5-4-6-13(14)11-18-16(19)15-12(2)20-10-8-17-15;/h3-7,12,15,17H,1,8-11H2,2H3,(H,18,19);1H/t12-,15+;/m1./s1. The first-order chi connectivity index (χ1) is 10.2. The smallest absolute Gasteiger partial charge is 0.240 e. The van der Waals surface area contributed by atoms with Gasteiger partial charge in [-0.25, -0.2) is 0 Å². The summed E-state index contributed by atoms with van der Waals surface area (Å²) in [4.78, 5) is 12.2.